The molecular formula is C35H32O4. The van der Waals surface area contributed by atoms with Gasteiger partial charge in [0.05, 0.1) is 11.8 Å². The first kappa shape index (κ1) is 25.1. The lowest BCUT2D eigenvalue weighted by Crippen LogP contribution is -2.53. The van der Waals surface area contributed by atoms with E-state index in [9.17, 15) is 9.59 Å². The molecule has 0 unspecified atom stereocenters. The van der Waals surface area contributed by atoms with Crippen molar-refractivity contribution in [1.82, 2.24) is 0 Å². The van der Waals surface area contributed by atoms with E-state index in [0.717, 1.165) is 47.9 Å². The quantitative estimate of drug-likeness (QED) is 0.193. The molecule has 4 aromatic carbocycles. The van der Waals surface area contributed by atoms with Crippen molar-refractivity contribution in [2.75, 3.05) is 0 Å². The van der Waals surface area contributed by atoms with Gasteiger partial charge in [-0.15, -0.1) is 0 Å². The minimum atomic E-state index is -0.177. The SMILES string of the molecule is Cc1ccc(-c2ccc(OC(=O)C3CC4(C3)CC(C(=O)Oc3ccc(-c5ccc(C)cc5)cc3)C4)cc2)cc1. The molecule has 2 aliphatic rings. The predicted octanol–water partition coefficient (Wildman–Crippen LogP) is 7.95. The van der Waals surface area contributed by atoms with Crippen LogP contribution in [-0.4, -0.2) is 11.9 Å². The number of benzene rings is 4. The van der Waals surface area contributed by atoms with Gasteiger partial charge in [0, 0.05) is 0 Å². The molecule has 0 N–H and O–H groups in total. The van der Waals surface area contributed by atoms with Gasteiger partial charge in [-0.2, -0.15) is 0 Å². The fraction of sp³-hybridized carbons (Fsp3) is 0.257. The second kappa shape index (κ2) is 10.2. The van der Waals surface area contributed by atoms with E-state index in [1.807, 2.05) is 48.5 Å². The summed E-state index contributed by atoms with van der Waals surface area (Å²) in [7, 11) is 0. The summed E-state index contributed by atoms with van der Waals surface area (Å²) in [4.78, 5) is 25.4. The number of rotatable bonds is 6. The van der Waals surface area contributed by atoms with Crippen LogP contribution in [0, 0.1) is 31.1 Å². The molecule has 2 saturated carbocycles. The molecule has 6 rings (SSSR count). The molecular weight excluding hydrogens is 484 g/mol. The molecule has 0 heterocycles. The zero-order valence-corrected chi connectivity index (χ0v) is 22.4. The molecule has 4 heteroatoms. The largest absolute Gasteiger partial charge is 0.426 e. The Labute approximate surface area is 229 Å². The maximum absolute atomic E-state index is 12.7. The fourth-order valence-corrected chi connectivity index (χ4v) is 5.96. The van der Waals surface area contributed by atoms with Crippen molar-refractivity contribution in [3.8, 4) is 33.8 Å². The molecule has 196 valence electrons. The molecule has 0 bridgehead atoms. The van der Waals surface area contributed by atoms with Crippen molar-refractivity contribution >= 4 is 11.9 Å². The molecule has 2 aliphatic carbocycles. The molecule has 0 atom stereocenters. The average Bonchev–Trinajstić information content (AvgIpc) is 2.89. The number of aryl methyl sites for hydroxylation is 2. The van der Waals surface area contributed by atoms with Crippen LogP contribution in [0.4, 0.5) is 0 Å². The molecule has 0 aliphatic heterocycles. The Bertz CT molecular complexity index is 1350. The second-order valence-corrected chi connectivity index (χ2v) is 11.3. The number of hydrogen-bond acceptors (Lipinski definition) is 4. The normalized spacial score (nSPS) is 21.5. The molecule has 0 radical (unpaired) electrons. The zero-order chi connectivity index (χ0) is 27.0. The second-order valence-electron chi connectivity index (χ2n) is 11.3. The van der Waals surface area contributed by atoms with Crippen LogP contribution in [-0.2, 0) is 9.59 Å². The van der Waals surface area contributed by atoms with E-state index in [1.54, 1.807) is 0 Å². The first-order valence-corrected chi connectivity index (χ1v) is 13.6. The Morgan fingerprint density at radius 1 is 0.513 bits per heavy atom. The summed E-state index contributed by atoms with van der Waals surface area (Å²) in [5, 5.41) is 0. The standard InChI is InChI=1S/C35H32O4/c1-23-3-7-25(8-4-23)27-11-15-31(16-12-27)38-33(36)29-19-35(20-29)21-30(22-35)34(37)39-32-17-13-28(14-18-32)26-9-5-24(2)6-10-26/h3-18,29-30H,19-22H2,1-2H3. The lowest BCUT2D eigenvalue weighted by Gasteiger charge is -2.55. The van der Waals surface area contributed by atoms with Crippen molar-refractivity contribution in [3.05, 3.63) is 108 Å². The Balaban J connectivity index is 0.958. The third-order valence-corrected chi connectivity index (χ3v) is 8.30. The Kier molecular flexibility index (Phi) is 6.56. The van der Waals surface area contributed by atoms with Gasteiger partial charge in [-0.3, -0.25) is 9.59 Å². The summed E-state index contributed by atoms with van der Waals surface area (Å²) in [6.45, 7) is 4.14. The van der Waals surface area contributed by atoms with E-state index < -0.39 is 0 Å². The van der Waals surface area contributed by atoms with E-state index in [-0.39, 0.29) is 29.2 Å². The van der Waals surface area contributed by atoms with E-state index in [2.05, 4.69) is 62.4 Å². The van der Waals surface area contributed by atoms with Gasteiger partial charge in [-0.25, -0.2) is 0 Å². The highest BCUT2D eigenvalue weighted by atomic mass is 16.5. The van der Waals surface area contributed by atoms with Crippen LogP contribution in [0.25, 0.3) is 22.3 Å². The molecule has 4 nitrogen and oxygen atoms in total. The molecule has 0 amide bonds. The van der Waals surface area contributed by atoms with Gasteiger partial charge in [0.2, 0.25) is 0 Å². The van der Waals surface area contributed by atoms with Crippen LogP contribution in [0.5, 0.6) is 11.5 Å². The summed E-state index contributed by atoms with van der Waals surface area (Å²) < 4.78 is 11.3. The Hall–Kier alpha value is -4.18. The summed E-state index contributed by atoms with van der Waals surface area (Å²) in [6, 6.07) is 32.0. The van der Waals surface area contributed by atoms with E-state index in [0.29, 0.717) is 11.5 Å². The first-order valence-electron chi connectivity index (χ1n) is 13.6. The summed E-state index contributed by atoms with van der Waals surface area (Å²) in [6.07, 6.45) is 3.12. The molecule has 0 saturated heterocycles. The lowest BCUT2D eigenvalue weighted by atomic mass is 9.48. The van der Waals surface area contributed by atoms with Crippen molar-refractivity contribution in [2.45, 2.75) is 39.5 Å². The highest BCUT2D eigenvalue weighted by Gasteiger charge is 2.57. The third kappa shape index (κ3) is 5.37. The summed E-state index contributed by atoms with van der Waals surface area (Å²) in [5.41, 5.74) is 6.98. The lowest BCUT2D eigenvalue weighted by molar-refractivity contribution is -0.164. The van der Waals surface area contributed by atoms with Gasteiger partial charge >= 0.3 is 11.9 Å². The van der Waals surface area contributed by atoms with E-state index >= 15 is 0 Å². The maximum Gasteiger partial charge on any atom is 0.314 e. The van der Waals surface area contributed by atoms with Gasteiger partial charge < -0.3 is 9.47 Å². The van der Waals surface area contributed by atoms with Crippen LogP contribution in [0.15, 0.2) is 97.1 Å². The molecule has 1 spiro atoms. The Morgan fingerprint density at radius 2 is 0.795 bits per heavy atom. The van der Waals surface area contributed by atoms with Crippen molar-refractivity contribution in [1.29, 1.82) is 0 Å². The van der Waals surface area contributed by atoms with Crippen LogP contribution < -0.4 is 9.47 Å². The number of hydrogen-bond donors (Lipinski definition) is 0. The highest BCUT2D eigenvalue weighted by Crippen LogP contribution is 2.61. The maximum atomic E-state index is 12.7. The molecule has 0 aromatic heterocycles. The first-order chi connectivity index (χ1) is 18.9. The fourth-order valence-electron chi connectivity index (χ4n) is 5.96. The molecule has 39 heavy (non-hydrogen) atoms. The van der Waals surface area contributed by atoms with E-state index in [1.165, 1.54) is 11.1 Å². The summed E-state index contributed by atoms with van der Waals surface area (Å²) in [5.74, 6) is 0.577. The van der Waals surface area contributed by atoms with Gasteiger partial charge in [-0.1, -0.05) is 83.9 Å². The average molecular weight is 517 g/mol. The van der Waals surface area contributed by atoms with E-state index in [4.69, 9.17) is 9.47 Å². The number of carbonyl (C=O) groups excluding carboxylic acids is 2. The summed E-state index contributed by atoms with van der Waals surface area (Å²) >= 11 is 0. The van der Waals surface area contributed by atoms with Crippen molar-refractivity contribution in [2.24, 2.45) is 17.3 Å². The monoisotopic (exact) mass is 516 g/mol. The molecule has 4 aromatic rings. The minimum absolute atomic E-state index is 0.0813. The Morgan fingerprint density at radius 3 is 1.10 bits per heavy atom. The minimum Gasteiger partial charge on any atom is -0.426 e. The highest BCUT2D eigenvalue weighted by molar-refractivity contribution is 5.79. The smallest absolute Gasteiger partial charge is 0.314 e. The number of carbonyl (C=O) groups is 2. The topological polar surface area (TPSA) is 52.6 Å². The van der Waals surface area contributed by atoms with Crippen molar-refractivity contribution < 1.29 is 19.1 Å². The zero-order valence-electron chi connectivity index (χ0n) is 22.4. The van der Waals surface area contributed by atoms with Crippen LogP contribution in [0.1, 0.15) is 36.8 Å². The van der Waals surface area contributed by atoms with Gasteiger partial charge in [-0.05, 0) is 91.5 Å². The van der Waals surface area contributed by atoms with Gasteiger partial charge in [0.25, 0.3) is 0 Å². The molecule has 2 fully saturated rings. The van der Waals surface area contributed by atoms with Crippen molar-refractivity contribution in [3.63, 3.8) is 0 Å². The van der Waals surface area contributed by atoms with Crippen LogP contribution in [0.2, 0.25) is 0 Å². The number of esters is 2. The van der Waals surface area contributed by atoms with Gasteiger partial charge in [0.15, 0.2) is 0 Å². The van der Waals surface area contributed by atoms with Crippen LogP contribution in [0.3, 0.4) is 0 Å². The predicted molar refractivity (Wildman–Crippen MR) is 152 cm³/mol. The third-order valence-electron chi connectivity index (χ3n) is 8.30. The van der Waals surface area contributed by atoms with Crippen LogP contribution >= 0.6 is 0 Å². The number of ether oxygens (including phenoxy) is 2. The van der Waals surface area contributed by atoms with Gasteiger partial charge in [0.1, 0.15) is 11.5 Å².